The summed E-state index contributed by atoms with van der Waals surface area (Å²) in [5, 5.41) is 0. The molecule has 0 bridgehead atoms. The van der Waals surface area contributed by atoms with Crippen molar-refractivity contribution in [3.8, 4) is 0 Å². The minimum Gasteiger partial charge on any atom is -0.359 e. The van der Waals surface area contributed by atoms with E-state index in [-0.39, 0.29) is 0 Å². The lowest BCUT2D eigenvalue weighted by Crippen LogP contribution is -2.36. The highest BCUT2D eigenvalue weighted by Crippen LogP contribution is 2.20. The summed E-state index contributed by atoms with van der Waals surface area (Å²) in [6.45, 7) is 5.84. The third-order valence-corrected chi connectivity index (χ3v) is 6.18. The van der Waals surface area contributed by atoms with Crippen molar-refractivity contribution in [2.45, 2.75) is 136 Å². The maximum atomic E-state index is 2.57. The lowest BCUT2D eigenvalue weighted by molar-refractivity contribution is 0.160. The van der Waals surface area contributed by atoms with E-state index in [4.69, 9.17) is 0 Å². The topological polar surface area (TPSA) is 6.48 Å². The van der Waals surface area contributed by atoms with E-state index < -0.39 is 0 Å². The predicted molar refractivity (Wildman–Crippen MR) is 122 cm³/mol. The number of unbranched alkanes of at least 4 members (excludes halogenated alkanes) is 15. The van der Waals surface area contributed by atoms with E-state index >= 15 is 0 Å². The molecule has 27 heavy (non-hydrogen) atoms. The standard InChI is InChI=1S/C25H50N2/c1-4-6-8-9-10-11-12-13-14-15-16-17-18-19-20-22-27-24-23-26(3)25(27)21-7-5-2/h23-25H,4-22H2,1-3H3. The van der Waals surface area contributed by atoms with Crippen molar-refractivity contribution in [1.29, 1.82) is 0 Å². The molecule has 0 N–H and O–H groups in total. The maximum Gasteiger partial charge on any atom is 0.100 e. The zero-order valence-electron chi connectivity index (χ0n) is 19.1. The number of rotatable bonds is 19. The van der Waals surface area contributed by atoms with Gasteiger partial charge in [-0.15, -0.1) is 0 Å². The van der Waals surface area contributed by atoms with Gasteiger partial charge in [-0.1, -0.05) is 110 Å². The zero-order valence-corrected chi connectivity index (χ0v) is 19.1. The molecule has 1 rings (SSSR count). The second-order valence-electron chi connectivity index (χ2n) is 8.77. The van der Waals surface area contributed by atoms with E-state index in [1.54, 1.807) is 0 Å². The van der Waals surface area contributed by atoms with Gasteiger partial charge in [0.1, 0.15) is 6.17 Å². The van der Waals surface area contributed by atoms with Crippen LogP contribution in [0.2, 0.25) is 0 Å². The van der Waals surface area contributed by atoms with Crippen LogP contribution in [0.4, 0.5) is 0 Å². The van der Waals surface area contributed by atoms with Crippen LogP contribution < -0.4 is 0 Å². The van der Waals surface area contributed by atoms with Crippen LogP contribution in [0, 0.1) is 0 Å². The second-order valence-corrected chi connectivity index (χ2v) is 8.77. The highest BCUT2D eigenvalue weighted by molar-refractivity contribution is 4.95. The Kier molecular flexibility index (Phi) is 15.7. The van der Waals surface area contributed by atoms with E-state index in [1.807, 2.05) is 0 Å². The molecule has 1 atom stereocenters. The molecule has 0 saturated heterocycles. The maximum absolute atomic E-state index is 2.57. The minimum absolute atomic E-state index is 0.622. The monoisotopic (exact) mass is 378 g/mol. The van der Waals surface area contributed by atoms with E-state index in [0.29, 0.717) is 6.17 Å². The molecule has 2 nitrogen and oxygen atoms in total. The molecule has 0 amide bonds. The summed E-state index contributed by atoms with van der Waals surface area (Å²) in [5.41, 5.74) is 0. The Morgan fingerprint density at radius 3 is 1.48 bits per heavy atom. The zero-order chi connectivity index (χ0) is 19.6. The van der Waals surface area contributed by atoms with Gasteiger partial charge in [0.25, 0.3) is 0 Å². The quantitative estimate of drug-likeness (QED) is 0.209. The van der Waals surface area contributed by atoms with Gasteiger partial charge in [0.15, 0.2) is 0 Å². The first kappa shape index (κ1) is 24.4. The minimum atomic E-state index is 0.622. The van der Waals surface area contributed by atoms with Crippen LogP contribution in [0.3, 0.4) is 0 Å². The molecule has 1 aliphatic rings. The van der Waals surface area contributed by atoms with Crippen LogP contribution in [0.25, 0.3) is 0 Å². The van der Waals surface area contributed by atoms with Crippen LogP contribution in [-0.2, 0) is 0 Å². The second kappa shape index (κ2) is 17.4. The van der Waals surface area contributed by atoms with E-state index in [1.165, 1.54) is 122 Å². The average Bonchev–Trinajstić information content (AvgIpc) is 3.02. The van der Waals surface area contributed by atoms with E-state index in [9.17, 15) is 0 Å². The first-order chi connectivity index (χ1) is 13.3. The lowest BCUT2D eigenvalue weighted by atomic mass is 10.0. The summed E-state index contributed by atoms with van der Waals surface area (Å²) in [5.74, 6) is 0. The van der Waals surface area contributed by atoms with Crippen molar-refractivity contribution >= 4 is 0 Å². The van der Waals surface area contributed by atoms with E-state index in [2.05, 4.69) is 43.1 Å². The van der Waals surface area contributed by atoms with Crippen molar-refractivity contribution in [3.63, 3.8) is 0 Å². The van der Waals surface area contributed by atoms with Crippen LogP contribution in [0.5, 0.6) is 0 Å². The van der Waals surface area contributed by atoms with Gasteiger partial charge in [0, 0.05) is 26.0 Å². The molecule has 160 valence electrons. The molecule has 0 saturated carbocycles. The fourth-order valence-electron chi connectivity index (χ4n) is 4.27. The van der Waals surface area contributed by atoms with E-state index in [0.717, 1.165) is 0 Å². The summed E-state index contributed by atoms with van der Waals surface area (Å²) in [7, 11) is 2.23. The normalized spacial score (nSPS) is 16.6. The van der Waals surface area contributed by atoms with Gasteiger partial charge in [-0.3, -0.25) is 0 Å². The summed E-state index contributed by atoms with van der Waals surface area (Å²) in [6, 6.07) is 0. The van der Waals surface area contributed by atoms with Crippen LogP contribution in [-0.4, -0.2) is 29.6 Å². The Balaban J connectivity index is 1.83. The van der Waals surface area contributed by atoms with Gasteiger partial charge in [-0.05, 0) is 19.3 Å². The lowest BCUT2D eigenvalue weighted by Gasteiger charge is -2.30. The Morgan fingerprint density at radius 2 is 1.00 bits per heavy atom. The fourth-order valence-corrected chi connectivity index (χ4v) is 4.27. The number of nitrogens with zero attached hydrogens (tertiary/aromatic N) is 2. The fraction of sp³-hybridized carbons (Fsp3) is 0.920. The molecular formula is C25H50N2. The predicted octanol–water partition coefficient (Wildman–Crippen LogP) is 8.09. The molecule has 0 aliphatic carbocycles. The van der Waals surface area contributed by atoms with Gasteiger partial charge in [0.2, 0.25) is 0 Å². The molecular weight excluding hydrogens is 328 g/mol. The average molecular weight is 379 g/mol. The first-order valence-electron chi connectivity index (χ1n) is 12.5. The Hall–Kier alpha value is -0.660. The molecule has 1 heterocycles. The van der Waals surface area contributed by atoms with Crippen molar-refractivity contribution in [2.24, 2.45) is 0 Å². The highest BCUT2D eigenvalue weighted by atomic mass is 15.4. The molecule has 0 radical (unpaired) electrons. The molecule has 1 unspecified atom stereocenters. The third kappa shape index (κ3) is 12.4. The summed E-state index contributed by atoms with van der Waals surface area (Å²) >= 11 is 0. The Morgan fingerprint density at radius 1 is 0.556 bits per heavy atom. The highest BCUT2D eigenvalue weighted by Gasteiger charge is 2.21. The van der Waals surface area contributed by atoms with Crippen LogP contribution in [0.15, 0.2) is 12.4 Å². The SMILES string of the molecule is CCCCCCCCCCCCCCCCCN1C=CN(C)C1CCCC. The number of hydrogen-bond donors (Lipinski definition) is 0. The van der Waals surface area contributed by atoms with Gasteiger partial charge in [-0.2, -0.15) is 0 Å². The van der Waals surface area contributed by atoms with Gasteiger partial charge < -0.3 is 9.80 Å². The smallest absolute Gasteiger partial charge is 0.100 e. The largest absolute Gasteiger partial charge is 0.359 e. The molecule has 0 aromatic rings. The summed E-state index contributed by atoms with van der Waals surface area (Å²) in [6.07, 6.45) is 30.8. The Labute approximate surface area is 171 Å². The van der Waals surface area contributed by atoms with Crippen molar-refractivity contribution in [1.82, 2.24) is 9.80 Å². The molecule has 0 aromatic heterocycles. The van der Waals surface area contributed by atoms with Crippen molar-refractivity contribution < 1.29 is 0 Å². The number of hydrogen-bond acceptors (Lipinski definition) is 2. The molecule has 2 heteroatoms. The van der Waals surface area contributed by atoms with Gasteiger partial charge in [-0.25, -0.2) is 0 Å². The van der Waals surface area contributed by atoms with Crippen molar-refractivity contribution in [2.75, 3.05) is 13.6 Å². The molecule has 0 spiro atoms. The molecule has 1 aliphatic heterocycles. The van der Waals surface area contributed by atoms with Gasteiger partial charge in [0.05, 0.1) is 0 Å². The van der Waals surface area contributed by atoms with Crippen molar-refractivity contribution in [3.05, 3.63) is 12.4 Å². The Bertz CT molecular complexity index is 339. The van der Waals surface area contributed by atoms with Crippen LogP contribution in [0.1, 0.15) is 129 Å². The molecule has 0 aromatic carbocycles. The first-order valence-corrected chi connectivity index (χ1v) is 12.5. The summed E-state index contributed by atoms with van der Waals surface area (Å²) in [4.78, 5) is 4.96. The molecule has 0 fully saturated rings. The van der Waals surface area contributed by atoms with Crippen LogP contribution >= 0.6 is 0 Å². The third-order valence-electron chi connectivity index (χ3n) is 6.18. The summed E-state index contributed by atoms with van der Waals surface area (Å²) < 4.78 is 0. The van der Waals surface area contributed by atoms with Gasteiger partial charge >= 0.3 is 0 Å².